The Morgan fingerprint density at radius 2 is 2.16 bits per heavy atom. The molecule has 0 aromatic heterocycles. The van der Waals surface area contributed by atoms with Crippen LogP contribution in [0.4, 0.5) is 0 Å². The highest BCUT2D eigenvalue weighted by Gasteiger charge is 2.24. The van der Waals surface area contributed by atoms with E-state index in [1.54, 1.807) is 7.11 Å². The van der Waals surface area contributed by atoms with E-state index in [1.165, 1.54) is 11.1 Å². The fourth-order valence-corrected chi connectivity index (χ4v) is 2.63. The van der Waals surface area contributed by atoms with Crippen LogP contribution in [-0.2, 0) is 16.1 Å². The Labute approximate surface area is 115 Å². The molecule has 2 unspecified atom stereocenters. The molecular weight excluding hydrogens is 240 g/mol. The van der Waals surface area contributed by atoms with Crippen molar-refractivity contribution in [1.29, 1.82) is 0 Å². The Balaban J connectivity index is 2.07. The molecule has 106 valence electrons. The van der Waals surface area contributed by atoms with E-state index in [-0.39, 0.29) is 12.1 Å². The highest BCUT2D eigenvalue weighted by molar-refractivity contribution is 5.25. The number of morpholine rings is 1. The average Bonchev–Trinajstić information content (AvgIpc) is 2.42. The molecule has 1 fully saturated rings. The lowest BCUT2D eigenvalue weighted by Gasteiger charge is -2.37. The first kappa shape index (κ1) is 14.5. The molecule has 1 aliphatic heterocycles. The van der Waals surface area contributed by atoms with Gasteiger partial charge in [-0.2, -0.15) is 0 Å². The molecule has 19 heavy (non-hydrogen) atoms. The van der Waals surface area contributed by atoms with Gasteiger partial charge in [-0.1, -0.05) is 24.3 Å². The fourth-order valence-electron chi connectivity index (χ4n) is 2.63. The molecule has 0 radical (unpaired) electrons. The minimum atomic E-state index is 0.281. The fraction of sp³-hybridized carbons (Fsp3) is 0.600. The Kier molecular flexibility index (Phi) is 5.34. The van der Waals surface area contributed by atoms with E-state index in [4.69, 9.17) is 15.2 Å². The summed E-state index contributed by atoms with van der Waals surface area (Å²) in [5, 5.41) is 0. The quantitative estimate of drug-likeness (QED) is 0.876. The number of hydrogen-bond acceptors (Lipinski definition) is 4. The zero-order valence-corrected chi connectivity index (χ0v) is 11.8. The molecule has 1 aromatic carbocycles. The largest absolute Gasteiger partial charge is 0.380 e. The number of rotatable bonds is 5. The second-order valence-electron chi connectivity index (χ2n) is 5.10. The molecule has 4 nitrogen and oxygen atoms in total. The van der Waals surface area contributed by atoms with Gasteiger partial charge in [0.2, 0.25) is 0 Å². The molecule has 2 atom stereocenters. The molecule has 0 amide bonds. The van der Waals surface area contributed by atoms with Crippen LogP contribution in [0.5, 0.6) is 0 Å². The lowest BCUT2D eigenvalue weighted by atomic mass is 10.0. The number of methoxy groups -OCH3 is 1. The molecule has 0 spiro atoms. The van der Waals surface area contributed by atoms with Crippen LogP contribution in [0.15, 0.2) is 24.3 Å². The first-order chi connectivity index (χ1) is 9.24. The maximum absolute atomic E-state index is 5.97. The van der Waals surface area contributed by atoms with Crippen molar-refractivity contribution in [3.63, 3.8) is 0 Å². The number of benzene rings is 1. The molecule has 1 aliphatic rings. The molecule has 4 heteroatoms. The first-order valence-corrected chi connectivity index (χ1v) is 6.88. The molecule has 0 aliphatic carbocycles. The minimum Gasteiger partial charge on any atom is -0.380 e. The van der Waals surface area contributed by atoms with E-state index < -0.39 is 0 Å². The van der Waals surface area contributed by atoms with Crippen LogP contribution in [-0.4, -0.2) is 44.4 Å². The van der Waals surface area contributed by atoms with E-state index in [0.717, 1.165) is 19.7 Å². The molecule has 2 rings (SSSR count). The normalized spacial score (nSPS) is 22.4. The predicted molar refractivity (Wildman–Crippen MR) is 75.9 cm³/mol. The molecule has 1 heterocycles. The molecular formula is C15H24N2O2. The Morgan fingerprint density at radius 1 is 1.42 bits per heavy atom. The van der Waals surface area contributed by atoms with Crippen molar-refractivity contribution in [3.05, 3.63) is 35.4 Å². The summed E-state index contributed by atoms with van der Waals surface area (Å²) < 4.78 is 10.7. The van der Waals surface area contributed by atoms with Crippen LogP contribution < -0.4 is 5.73 Å². The predicted octanol–water partition coefficient (Wildman–Crippen LogP) is 1.55. The molecule has 0 bridgehead atoms. The highest BCUT2D eigenvalue weighted by atomic mass is 16.5. The van der Waals surface area contributed by atoms with Crippen molar-refractivity contribution in [2.75, 3.05) is 33.4 Å². The van der Waals surface area contributed by atoms with Gasteiger partial charge in [0.25, 0.3) is 0 Å². The van der Waals surface area contributed by atoms with Crippen molar-refractivity contribution in [2.45, 2.75) is 25.7 Å². The smallest absolute Gasteiger partial charge is 0.0713 e. The zero-order chi connectivity index (χ0) is 13.7. The average molecular weight is 264 g/mol. The van der Waals surface area contributed by atoms with E-state index >= 15 is 0 Å². The van der Waals surface area contributed by atoms with Crippen LogP contribution in [0, 0.1) is 0 Å². The van der Waals surface area contributed by atoms with E-state index in [1.807, 2.05) is 0 Å². The van der Waals surface area contributed by atoms with Crippen molar-refractivity contribution in [3.8, 4) is 0 Å². The van der Waals surface area contributed by atoms with Gasteiger partial charge in [-0.05, 0) is 18.1 Å². The van der Waals surface area contributed by atoms with Crippen molar-refractivity contribution in [2.24, 2.45) is 5.73 Å². The van der Waals surface area contributed by atoms with Crippen molar-refractivity contribution < 1.29 is 9.47 Å². The Bertz CT molecular complexity index is 380. The van der Waals surface area contributed by atoms with Gasteiger partial charge in [-0.25, -0.2) is 0 Å². The van der Waals surface area contributed by atoms with Crippen LogP contribution in [0.25, 0.3) is 0 Å². The van der Waals surface area contributed by atoms with Crippen molar-refractivity contribution >= 4 is 0 Å². The maximum atomic E-state index is 5.97. The summed E-state index contributed by atoms with van der Waals surface area (Å²) in [7, 11) is 1.71. The molecule has 1 aromatic rings. The number of nitrogens with two attached hydrogens (primary N) is 1. The lowest BCUT2D eigenvalue weighted by Crippen LogP contribution is -2.45. The van der Waals surface area contributed by atoms with Crippen molar-refractivity contribution in [1.82, 2.24) is 4.90 Å². The summed E-state index contributed by atoms with van der Waals surface area (Å²) in [4.78, 5) is 2.42. The standard InChI is InChI=1S/C15H24N2O2/c1-12-10-17(7-8-19-12)15(9-16)14-5-3-13(4-6-14)11-18-2/h3-6,12,15H,7-11,16H2,1-2H3. The summed E-state index contributed by atoms with van der Waals surface area (Å²) in [5.74, 6) is 0. The second kappa shape index (κ2) is 7.01. The SMILES string of the molecule is COCc1ccc(C(CN)N2CCOC(C)C2)cc1. The number of ether oxygens (including phenoxy) is 2. The van der Waals surface area contributed by atoms with E-state index in [0.29, 0.717) is 13.2 Å². The molecule has 0 saturated carbocycles. The maximum Gasteiger partial charge on any atom is 0.0713 e. The highest BCUT2D eigenvalue weighted by Crippen LogP contribution is 2.22. The summed E-state index contributed by atoms with van der Waals surface area (Å²) in [6.45, 7) is 6.09. The minimum absolute atomic E-state index is 0.281. The third kappa shape index (κ3) is 3.76. The summed E-state index contributed by atoms with van der Waals surface area (Å²) >= 11 is 0. The topological polar surface area (TPSA) is 47.7 Å². The van der Waals surface area contributed by atoms with Gasteiger partial charge in [0, 0.05) is 32.8 Å². The van der Waals surface area contributed by atoms with Gasteiger partial charge in [-0.15, -0.1) is 0 Å². The van der Waals surface area contributed by atoms with Gasteiger partial charge in [0.15, 0.2) is 0 Å². The Morgan fingerprint density at radius 3 is 2.74 bits per heavy atom. The van der Waals surface area contributed by atoms with Crippen LogP contribution >= 0.6 is 0 Å². The van der Waals surface area contributed by atoms with Gasteiger partial charge >= 0.3 is 0 Å². The summed E-state index contributed by atoms with van der Waals surface area (Å²) in [6.07, 6.45) is 0.288. The second-order valence-corrected chi connectivity index (χ2v) is 5.10. The van der Waals surface area contributed by atoms with Crippen LogP contribution in [0.2, 0.25) is 0 Å². The number of hydrogen-bond donors (Lipinski definition) is 1. The van der Waals surface area contributed by atoms with Crippen LogP contribution in [0.1, 0.15) is 24.1 Å². The van der Waals surface area contributed by atoms with Gasteiger partial charge < -0.3 is 15.2 Å². The van der Waals surface area contributed by atoms with Crippen LogP contribution in [0.3, 0.4) is 0 Å². The third-order valence-electron chi connectivity index (χ3n) is 3.61. The van der Waals surface area contributed by atoms with E-state index in [9.17, 15) is 0 Å². The Hall–Kier alpha value is -0.940. The monoisotopic (exact) mass is 264 g/mol. The zero-order valence-electron chi connectivity index (χ0n) is 11.8. The lowest BCUT2D eigenvalue weighted by molar-refractivity contribution is -0.0333. The summed E-state index contributed by atoms with van der Waals surface area (Å²) in [5.41, 5.74) is 8.44. The number of nitrogens with zero attached hydrogens (tertiary/aromatic N) is 1. The first-order valence-electron chi connectivity index (χ1n) is 6.88. The van der Waals surface area contributed by atoms with Gasteiger partial charge in [0.1, 0.15) is 0 Å². The molecule has 1 saturated heterocycles. The third-order valence-corrected chi connectivity index (χ3v) is 3.61. The van der Waals surface area contributed by atoms with Gasteiger partial charge in [0.05, 0.1) is 19.3 Å². The van der Waals surface area contributed by atoms with Gasteiger partial charge in [-0.3, -0.25) is 4.90 Å². The summed E-state index contributed by atoms with van der Waals surface area (Å²) in [6, 6.07) is 8.83. The molecule has 2 N–H and O–H groups in total. The van der Waals surface area contributed by atoms with E-state index in [2.05, 4.69) is 36.1 Å².